The Bertz CT molecular complexity index is 1100. The highest BCUT2D eigenvalue weighted by Crippen LogP contribution is 2.26. The molecule has 0 radical (unpaired) electrons. The average molecular weight is 436 g/mol. The van der Waals surface area contributed by atoms with Crippen molar-refractivity contribution in [1.82, 2.24) is 0 Å². The second-order valence-electron chi connectivity index (χ2n) is 6.85. The molecule has 0 spiro atoms. The number of benzene rings is 3. The van der Waals surface area contributed by atoms with Crippen LogP contribution in [0, 0.1) is 17.0 Å². The molecule has 1 atom stereocenters. The Hall–Kier alpha value is -3.65. The second kappa shape index (κ2) is 9.90. The fraction of sp³-hybridized carbons (Fsp3) is 0.130. The van der Waals surface area contributed by atoms with Crippen molar-refractivity contribution in [3.63, 3.8) is 0 Å². The van der Waals surface area contributed by atoms with Gasteiger partial charge in [-0.1, -0.05) is 18.2 Å². The van der Waals surface area contributed by atoms with Gasteiger partial charge >= 0.3 is 0 Å². The number of rotatable bonds is 7. The van der Waals surface area contributed by atoms with Gasteiger partial charge in [-0.2, -0.15) is 0 Å². The summed E-state index contributed by atoms with van der Waals surface area (Å²) in [6.45, 7) is 3.78. The molecule has 0 aliphatic carbocycles. The van der Waals surface area contributed by atoms with Crippen LogP contribution in [0.5, 0.6) is 0 Å². The van der Waals surface area contributed by atoms with Gasteiger partial charge in [0, 0.05) is 34.0 Å². The quantitative estimate of drug-likeness (QED) is 0.299. The summed E-state index contributed by atoms with van der Waals surface area (Å²) in [5, 5.41) is 16.1. The smallest absolute Gasteiger partial charge is 0.269 e. The van der Waals surface area contributed by atoms with E-state index in [4.69, 9.17) is 0 Å². The van der Waals surface area contributed by atoms with E-state index in [0.717, 1.165) is 16.1 Å². The summed E-state index contributed by atoms with van der Waals surface area (Å²) >= 11 is 1.42. The molecular weight excluding hydrogens is 414 g/mol. The fourth-order valence-corrected chi connectivity index (χ4v) is 3.63. The monoisotopic (exact) mass is 435 g/mol. The highest BCUT2D eigenvalue weighted by atomic mass is 32.2. The van der Waals surface area contributed by atoms with Crippen LogP contribution in [0.25, 0.3) is 0 Å². The van der Waals surface area contributed by atoms with Crippen molar-refractivity contribution >= 4 is 40.6 Å². The topological polar surface area (TPSA) is 101 Å². The molecule has 0 saturated heterocycles. The highest BCUT2D eigenvalue weighted by molar-refractivity contribution is 8.00. The molecule has 0 aliphatic rings. The maximum atomic E-state index is 12.5. The zero-order valence-corrected chi connectivity index (χ0v) is 17.8. The summed E-state index contributed by atoms with van der Waals surface area (Å²) < 4.78 is 0. The number of hydrogen-bond donors (Lipinski definition) is 2. The number of non-ortho nitro benzene ring substituents is 1. The summed E-state index contributed by atoms with van der Waals surface area (Å²) in [4.78, 5) is 35.9. The lowest BCUT2D eigenvalue weighted by atomic mass is 10.2. The molecule has 1 unspecified atom stereocenters. The lowest BCUT2D eigenvalue weighted by Gasteiger charge is -2.14. The minimum Gasteiger partial charge on any atom is -0.325 e. The number of carbonyl (C=O) groups excluding carboxylic acids is 2. The summed E-state index contributed by atoms with van der Waals surface area (Å²) in [5.41, 5.74) is 2.64. The lowest BCUT2D eigenvalue weighted by molar-refractivity contribution is -0.384. The molecule has 0 aromatic heterocycles. The van der Waals surface area contributed by atoms with Gasteiger partial charge in [-0.15, -0.1) is 11.8 Å². The normalized spacial score (nSPS) is 11.4. The SMILES string of the molecule is Cc1ccccc1NC(=O)C(C)Sc1ccc(NC(=O)c2ccc([N+](=O)[O-])cc2)cc1. The third-order valence-electron chi connectivity index (χ3n) is 4.54. The number of aryl methyl sites for hydroxylation is 1. The minimum atomic E-state index is -0.514. The van der Waals surface area contributed by atoms with E-state index in [1.807, 2.05) is 50.2 Å². The van der Waals surface area contributed by atoms with Crippen LogP contribution in [0.4, 0.5) is 17.1 Å². The predicted molar refractivity (Wildman–Crippen MR) is 123 cm³/mol. The third kappa shape index (κ3) is 5.93. The zero-order valence-electron chi connectivity index (χ0n) is 17.0. The van der Waals surface area contributed by atoms with Gasteiger partial charge < -0.3 is 10.6 Å². The zero-order chi connectivity index (χ0) is 22.4. The number of amides is 2. The van der Waals surface area contributed by atoms with Crippen LogP contribution in [-0.4, -0.2) is 22.0 Å². The van der Waals surface area contributed by atoms with Crippen molar-refractivity contribution in [1.29, 1.82) is 0 Å². The third-order valence-corrected chi connectivity index (χ3v) is 5.65. The Balaban J connectivity index is 1.57. The molecule has 0 fully saturated rings. The summed E-state index contributed by atoms with van der Waals surface area (Å²) in [6, 6.07) is 20.2. The van der Waals surface area contributed by atoms with Crippen molar-refractivity contribution in [2.75, 3.05) is 10.6 Å². The molecule has 0 aliphatic heterocycles. The van der Waals surface area contributed by atoms with Gasteiger partial charge in [0.05, 0.1) is 10.2 Å². The van der Waals surface area contributed by atoms with E-state index in [9.17, 15) is 19.7 Å². The van der Waals surface area contributed by atoms with Gasteiger partial charge in [0.15, 0.2) is 0 Å². The molecule has 3 rings (SSSR count). The summed E-state index contributed by atoms with van der Waals surface area (Å²) in [7, 11) is 0. The van der Waals surface area contributed by atoms with Gasteiger partial charge in [0.25, 0.3) is 11.6 Å². The van der Waals surface area contributed by atoms with Gasteiger partial charge in [0.1, 0.15) is 0 Å². The van der Waals surface area contributed by atoms with Crippen LogP contribution in [0.1, 0.15) is 22.8 Å². The number of anilines is 2. The van der Waals surface area contributed by atoms with Gasteiger partial charge in [0.2, 0.25) is 5.91 Å². The Morgan fingerprint density at radius 1 is 0.935 bits per heavy atom. The minimum absolute atomic E-state index is 0.0708. The second-order valence-corrected chi connectivity index (χ2v) is 8.26. The van der Waals surface area contributed by atoms with E-state index < -0.39 is 4.92 Å². The van der Waals surface area contributed by atoms with Crippen molar-refractivity contribution in [3.05, 3.63) is 94.0 Å². The molecule has 158 valence electrons. The number of thioether (sulfide) groups is 1. The lowest BCUT2D eigenvalue weighted by Crippen LogP contribution is -2.22. The van der Waals surface area contributed by atoms with E-state index in [1.165, 1.54) is 36.0 Å². The van der Waals surface area contributed by atoms with Crippen LogP contribution >= 0.6 is 11.8 Å². The van der Waals surface area contributed by atoms with Crippen LogP contribution in [0.3, 0.4) is 0 Å². The van der Waals surface area contributed by atoms with Crippen molar-refractivity contribution in [2.45, 2.75) is 24.0 Å². The highest BCUT2D eigenvalue weighted by Gasteiger charge is 2.15. The Morgan fingerprint density at radius 3 is 2.19 bits per heavy atom. The van der Waals surface area contributed by atoms with E-state index in [-0.39, 0.29) is 22.8 Å². The van der Waals surface area contributed by atoms with Crippen LogP contribution in [0.2, 0.25) is 0 Å². The molecule has 2 N–H and O–H groups in total. The molecule has 2 amide bonds. The van der Waals surface area contributed by atoms with Gasteiger partial charge in [-0.05, 0) is 61.9 Å². The van der Waals surface area contributed by atoms with E-state index in [1.54, 1.807) is 12.1 Å². The fourth-order valence-electron chi connectivity index (χ4n) is 2.76. The number of nitrogens with one attached hydrogen (secondary N) is 2. The number of carbonyl (C=O) groups is 2. The molecule has 0 saturated carbocycles. The first-order valence-corrected chi connectivity index (χ1v) is 10.4. The van der Waals surface area contributed by atoms with Crippen LogP contribution in [0.15, 0.2) is 77.7 Å². The number of para-hydroxylation sites is 1. The number of hydrogen-bond acceptors (Lipinski definition) is 5. The average Bonchev–Trinajstić information content (AvgIpc) is 2.76. The van der Waals surface area contributed by atoms with E-state index in [2.05, 4.69) is 10.6 Å². The van der Waals surface area contributed by atoms with Crippen molar-refractivity contribution < 1.29 is 14.5 Å². The van der Waals surface area contributed by atoms with Crippen LogP contribution in [-0.2, 0) is 4.79 Å². The summed E-state index contributed by atoms with van der Waals surface area (Å²) in [5.74, 6) is -0.448. The molecule has 0 bridgehead atoms. The standard InChI is InChI=1S/C23H21N3O4S/c1-15-5-3-4-6-21(15)25-22(27)16(2)31-20-13-9-18(10-14-20)24-23(28)17-7-11-19(12-8-17)26(29)30/h3-14,16H,1-2H3,(H,24,28)(H,25,27). The van der Waals surface area contributed by atoms with E-state index in [0.29, 0.717) is 11.3 Å². The van der Waals surface area contributed by atoms with Gasteiger partial charge in [-0.3, -0.25) is 19.7 Å². The summed E-state index contributed by atoms with van der Waals surface area (Å²) in [6.07, 6.45) is 0. The van der Waals surface area contributed by atoms with Crippen LogP contribution < -0.4 is 10.6 Å². The Morgan fingerprint density at radius 2 is 1.58 bits per heavy atom. The molecule has 0 heterocycles. The first kappa shape index (κ1) is 22.0. The van der Waals surface area contributed by atoms with Crippen molar-refractivity contribution in [3.8, 4) is 0 Å². The Kier molecular flexibility index (Phi) is 7.04. The molecule has 7 nitrogen and oxygen atoms in total. The maximum Gasteiger partial charge on any atom is 0.269 e. The maximum absolute atomic E-state index is 12.5. The van der Waals surface area contributed by atoms with Crippen molar-refractivity contribution in [2.24, 2.45) is 0 Å². The van der Waals surface area contributed by atoms with Gasteiger partial charge in [-0.25, -0.2) is 0 Å². The molecule has 31 heavy (non-hydrogen) atoms. The van der Waals surface area contributed by atoms with E-state index >= 15 is 0 Å². The molecule has 3 aromatic rings. The first-order chi connectivity index (χ1) is 14.8. The largest absolute Gasteiger partial charge is 0.325 e. The molecule has 8 heteroatoms. The first-order valence-electron chi connectivity index (χ1n) is 9.52. The predicted octanol–water partition coefficient (Wildman–Crippen LogP) is 5.27. The number of nitrogens with zero attached hydrogens (tertiary/aromatic N) is 1. The number of nitro groups is 1. The number of nitro benzene ring substituents is 1. The molecule has 3 aromatic carbocycles. The Labute approximate surface area is 184 Å². The molecular formula is C23H21N3O4S.